The molecular weight excluding hydrogens is 382 g/mol. The number of ether oxygens (including phenoxy) is 1. The van der Waals surface area contributed by atoms with E-state index in [9.17, 15) is 14.7 Å². The molecule has 30 heavy (non-hydrogen) atoms. The molecule has 1 rings (SSSR count). The Labute approximate surface area is 182 Å². The predicted molar refractivity (Wildman–Crippen MR) is 120 cm³/mol. The van der Waals surface area contributed by atoms with Crippen LogP contribution in [0.15, 0.2) is 24.0 Å². The van der Waals surface area contributed by atoms with E-state index in [0.717, 1.165) is 38.6 Å². The summed E-state index contributed by atoms with van der Waals surface area (Å²) in [4.78, 5) is 23.7. The number of piperidine rings is 1. The van der Waals surface area contributed by atoms with Crippen molar-refractivity contribution in [3.8, 4) is 12.3 Å². The van der Waals surface area contributed by atoms with Gasteiger partial charge in [0.2, 0.25) is 5.91 Å². The van der Waals surface area contributed by atoms with Crippen LogP contribution in [0.1, 0.15) is 72.6 Å². The van der Waals surface area contributed by atoms with Gasteiger partial charge in [0.1, 0.15) is 12.4 Å². The van der Waals surface area contributed by atoms with Crippen LogP contribution in [0.4, 0.5) is 0 Å². The second kappa shape index (κ2) is 16.5. The van der Waals surface area contributed by atoms with Gasteiger partial charge in [-0.1, -0.05) is 32.8 Å². The molecule has 0 aromatic heterocycles. The number of carboxylic acid groups (broad SMARTS) is 1. The van der Waals surface area contributed by atoms with Crippen molar-refractivity contribution >= 4 is 11.9 Å². The van der Waals surface area contributed by atoms with Gasteiger partial charge in [0.15, 0.2) is 0 Å². The number of carbonyl (C=O) groups excluding carboxylic acids is 1. The fourth-order valence-electron chi connectivity index (χ4n) is 3.32. The van der Waals surface area contributed by atoms with Crippen molar-refractivity contribution < 1.29 is 24.5 Å². The van der Waals surface area contributed by atoms with Gasteiger partial charge in [-0.2, -0.15) is 0 Å². The molecule has 6 heteroatoms. The molecule has 1 amide bonds. The SMILES string of the molecule is C#C/C=C(\C=C/C)OCC(O)C(C)C[C@H]1CCCC(=O)N1CCC.CCCC(=O)O. The summed E-state index contributed by atoms with van der Waals surface area (Å²) in [5.74, 6) is 2.60. The second-order valence-electron chi connectivity index (χ2n) is 7.58. The van der Waals surface area contributed by atoms with E-state index in [0.29, 0.717) is 18.6 Å². The molecule has 0 aliphatic carbocycles. The van der Waals surface area contributed by atoms with Crippen LogP contribution in [0.3, 0.4) is 0 Å². The van der Waals surface area contributed by atoms with Crippen molar-refractivity contribution in [1.82, 2.24) is 4.90 Å². The van der Waals surface area contributed by atoms with E-state index >= 15 is 0 Å². The molecule has 1 fully saturated rings. The first-order valence-corrected chi connectivity index (χ1v) is 10.9. The number of hydrogen-bond donors (Lipinski definition) is 2. The smallest absolute Gasteiger partial charge is 0.303 e. The average molecular weight is 422 g/mol. The Bertz CT molecular complexity index is 605. The lowest BCUT2D eigenvalue weighted by Gasteiger charge is -2.37. The first-order valence-electron chi connectivity index (χ1n) is 10.9. The Hall–Kier alpha value is -2.26. The largest absolute Gasteiger partial charge is 0.490 e. The zero-order valence-corrected chi connectivity index (χ0v) is 19.0. The average Bonchev–Trinajstić information content (AvgIpc) is 2.69. The van der Waals surface area contributed by atoms with E-state index in [1.165, 1.54) is 0 Å². The van der Waals surface area contributed by atoms with Crippen LogP contribution in [0, 0.1) is 18.3 Å². The molecule has 1 saturated heterocycles. The highest BCUT2D eigenvalue weighted by Gasteiger charge is 2.30. The van der Waals surface area contributed by atoms with E-state index in [2.05, 4.69) is 12.8 Å². The molecule has 1 aliphatic rings. The summed E-state index contributed by atoms with van der Waals surface area (Å²) in [5.41, 5.74) is 0. The summed E-state index contributed by atoms with van der Waals surface area (Å²) in [6, 6.07) is 0.229. The van der Waals surface area contributed by atoms with E-state index in [1.807, 2.05) is 31.7 Å². The molecular formula is C24H39NO5. The lowest BCUT2D eigenvalue weighted by molar-refractivity contribution is -0.138. The molecule has 2 N–H and O–H groups in total. The van der Waals surface area contributed by atoms with E-state index in [4.69, 9.17) is 16.3 Å². The highest BCUT2D eigenvalue weighted by molar-refractivity contribution is 5.77. The van der Waals surface area contributed by atoms with Crippen molar-refractivity contribution in [2.75, 3.05) is 13.2 Å². The van der Waals surface area contributed by atoms with Crippen LogP contribution in [0.25, 0.3) is 0 Å². The first kappa shape index (κ1) is 27.7. The maximum Gasteiger partial charge on any atom is 0.303 e. The lowest BCUT2D eigenvalue weighted by atomic mass is 9.90. The van der Waals surface area contributed by atoms with Crippen LogP contribution < -0.4 is 0 Å². The summed E-state index contributed by atoms with van der Waals surface area (Å²) >= 11 is 0. The maximum absolute atomic E-state index is 12.1. The molecule has 6 nitrogen and oxygen atoms in total. The Morgan fingerprint density at radius 1 is 1.40 bits per heavy atom. The summed E-state index contributed by atoms with van der Waals surface area (Å²) in [6.07, 6.45) is 15.2. The van der Waals surface area contributed by atoms with Gasteiger partial charge in [0.05, 0.1) is 6.10 Å². The number of nitrogens with zero attached hydrogens (tertiary/aromatic N) is 1. The normalized spacial score (nSPS) is 18.9. The van der Waals surface area contributed by atoms with E-state index in [1.54, 1.807) is 12.2 Å². The van der Waals surface area contributed by atoms with Gasteiger partial charge < -0.3 is 19.8 Å². The second-order valence-corrected chi connectivity index (χ2v) is 7.58. The van der Waals surface area contributed by atoms with Crippen molar-refractivity contribution in [2.24, 2.45) is 5.92 Å². The lowest BCUT2D eigenvalue weighted by Crippen LogP contribution is -2.45. The van der Waals surface area contributed by atoms with Crippen molar-refractivity contribution in [3.05, 3.63) is 24.0 Å². The molecule has 3 atom stereocenters. The summed E-state index contributed by atoms with van der Waals surface area (Å²) in [5, 5.41) is 18.3. The highest BCUT2D eigenvalue weighted by Crippen LogP contribution is 2.25. The number of aliphatic hydroxyl groups is 1. The quantitative estimate of drug-likeness (QED) is 0.297. The van der Waals surface area contributed by atoms with Gasteiger partial charge in [-0.15, -0.1) is 6.42 Å². The monoisotopic (exact) mass is 421 g/mol. The molecule has 1 heterocycles. The molecule has 0 aromatic rings. The van der Waals surface area contributed by atoms with E-state index in [-0.39, 0.29) is 24.5 Å². The Morgan fingerprint density at radius 3 is 2.60 bits per heavy atom. The first-order chi connectivity index (χ1) is 14.3. The number of carboxylic acids is 1. The number of amides is 1. The zero-order chi connectivity index (χ0) is 22.9. The van der Waals surface area contributed by atoms with Gasteiger partial charge in [-0.25, -0.2) is 0 Å². The number of aliphatic hydroxyl groups excluding tert-OH is 1. The molecule has 170 valence electrons. The van der Waals surface area contributed by atoms with Crippen LogP contribution in [0.5, 0.6) is 0 Å². The van der Waals surface area contributed by atoms with E-state index < -0.39 is 12.1 Å². The summed E-state index contributed by atoms with van der Waals surface area (Å²) in [6.45, 7) is 8.83. The number of allylic oxidation sites excluding steroid dienone is 3. The number of hydrogen-bond acceptors (Lipinski definition) is 4. The molecule has 0 saturated carbocycles. The van der Waals surface area contributed by atoms with Crippen LogP contribution in [-0.4, -0.2) is 52.3 Å². The Kier molecular flexibility index (Phi) is 15.3. The van der Waals surface area contributed by atoms with Crippen molar-refractivity contribution in [3.63, 3.8) is 0 Å². The highest BCUT2D eigenvalue weighted by atomic mass is 16.5. The third-order valence-corrected chi connectivity index (χ3v) is 4.90. The molecule has 0 spiro atoms. The summed E-state index contributed by atoms with van der Waals surface area (Å²) in [7, 11) is 0. The number of terminal acetylenes is 1. The fraction of sp³-hybridized carbons (Fsp3) is 0.667. The van der Waals surface area contributed by atoms with Gasteiger partial charge in [0, 0.05) is 31.5 Å². The van der Waals surface area contributed by atoms with Crippen LogP contribution >= 0.6 is 0 Å². The van der Waals surface area contributed by atoms with Crippen LogP contribution in [0.2, 0.25) is 0 Å². The minimum Gasteiger partial charge on any atom is -0.490 e. The number of carbonyl (C=O) groups is 2. The molecule has 0 bridgehead atoms. The molecule has 0 radical (unpaired) electrons. The Morgan fingerprint density at radius 2 is 2.10 bits per heavy atom. The fourth-order valence-corrected chi connectivity index (χ4v) is 3.32. The third kappa shape index (κ3) is 11.7. The third-order valence-electron chi connectivity index (χ3n) is 4.90. The summed E-state index contributed by atoms with van der Waals surface area (Å²) < 4.78 is 5.59. The zero-order valence-electron chi connectivity index (χ0n) is 19.0. The van der Waals surface area contributed by atoms with Crippen molar-refractivity contribution in [2.45, 2.75) is 84.8 Å². The minimum absolute atomic E-state index is 0.0537. The standard InChI is InChI=1S/C20H31NO3.C4H8O2/c1-5-9-18(10-6-2)24-15-19(22)16(4)14-17-11-8-12-20(23)21(17)13-7-3;1-2-3-4(5)6/h1,6,9-10,16-17,19,22H,7-8,11-15H2,2-4H3;2-3H2,1H3,(H,5,6)/b10-6-,18-9+;/t16?,17-,19?;/m1./s1. The number of aliphatic carboxylic acids is 1. The van der Waals surface area contributed by atoms with Gasteiger partial charge >= 0.3 is 5.97 Å². The molecule has 2 unspecified atom stereocenters. The van der Waals surface area contributed by atoms with Gasteiger partial charge in [0.25, 0.3) is 0 Å². The predicted octanol–water partition coefficient (Wildman–Crippen LogP) is 4.15. The molecule has 0 aromatic carbocycles. The van der Waals surface area contributed by atoms with Gasteiger partial charge in [-0.05, 0) is 51.0 Å². The minimum atomic E-state index is -0.711. The Balaban J connectivity index is 0.00000122. The maximum atomic E-state index is 12.1. The van der Waals surface area contributed by atoms with Crippen molar-refractivity contribution in [1.29, 1.82) is 0 Å². The molecule has 1 aliphatic heterocycles. The topological polar surface area (TPSA) is 87.1 Å². The number of rotatable bonds is 11. The van der Waals surface area contributed by atoms with Crippen LogP contribution in [-0.2, 0) is 14.3 Å². The number of likely N-dealkylation sites (tertiary alicyclic amines) is 1. The van der Waals surface area contributed by atoms with Gasteiger partial charge in [-0.3, -0.25) is 9.59 Å².